The number of halogens is 1. The molecule has 0 bridgehead atoms. The Hall–Kier alpha value is -0.930. The number of hydrogen-bond donors (Lipinski definition) is 1. The first kappa shape index (κ1) is 11.6. The molecule has 0 saturated carbocycles. The van der Waals surface area contributed by atoms with Gasteiger partial charge >= 0.3 is 0 Å². The largest absolute Gasteiger partial charge is 0.450 e. The molecule has 0 aliphatic heterocycles. The summed E-state index contributed by atoms with van der Waals surface area (Å²) in [5.74, 6) is 0. The van der Waals surface area contributed by atoms with Crippen molar-refractivity contribution in [1.82, 2.24) is 0 Å². The van der Waals surface area contributed by atoms with E-state index in [1.807, 2.05) is 6.92 Å². The van der Waals surface area contributed by atoms with Crippen LogP contribution in [0.25, 0.3) is 11.0 Å². The van der Waals surface area contributed by atoms with E-state index in [1.54, 1.807) is 18.2 Å². The summed E-state index contributed by atoms with van der Waals surface area (Å²) in [6.45, 7) is 2.01. The van der Waals surface area contributed by atoms with Crippen LogP contribution in [0.3, 0.4) is 0 Å². The number of rotatable bonds is 2. The minimum absolute atomic E-state index is 0.0319. The molecule has 1 aromatic heterocycles. The number of benzene rings is 1. The molecule has 0 N–H and O–H groups in total. The highest BCUT2D eigenvalue weighted by molar-refractivity contribution is 7.80. The van der Waals surface area contributed by atoms with E-state index in [-0.39, 0.29) is 5.43 Å². The van der Waals surface area contributed by atoms with Gasteiger partial charge in [0, 0.05) is 10.6 Å². The zero-order valence-electron chi connectivity index (χ0n) is 8.79. The number of fused-ring (bicyclic) bond motifs is 1. The van der Waals surface area contributed by atoms with Crippen molar-refractivity contribution in [3.05, 3.63) is 39.0 Å². The summed E-state index contributed by atoms with van der Waals surface area (Å²) in [7, 11) is 0. The van der Waals surface area contributed by atoms with Gasteiger partial charge in [-0.25, -0.2) is 0 Å². The highest BCUT2D eigenvalue weighted by atomic mass is 35.5. The number of thiol groups is 1. The Morgan fingerprint density at radius 1 is 1.44 bits per heavy atom. The summed E-state index contributed by atoms with van der Waals surface area (Å²) in [5, 5.41) is 1.46. The fourth-order valence-corrected chi connectivity index (χ4v) is 2.15. The van der Waals surface area contributed by atoms with Crippen molar-refractivity contribution in [2.45, 2.75) is 24.9 Å². The summed E-state index contributed by atoms with van der Waals surface area (Å²) < 4.78 is 5.49. The van der Waals surface area contributed by atoms with Gasteiger partial charge in [-0.15, -0.1) is 12.6 Å². The molecule has 0 aliphatic rings. The van der Waals surface area contributed by atoms with E-state index in [2.05, 4.69) is 12.6 Å². The third-order valence-electron chi connectivity index (χ3n) is 2.43. The molecule has 2 aromatic rings. The van der Waals surface area contributed by atoms with Crippen LogP contribution in [0.15, 0.2) is 32.5 Å². The van der Waals surface area contributed by atoms with Gasteiger partial charge in [-0.05, 0) is 24.6 Å². The Morgan fingerprint density at radius 3 is 2.88 bits per heavy atom. The van der Waals surface area contributed by atoms with Crippen LogP contribution in [-0.4, -0.2) is 0 Å². The standard InChI is InChI=1S/C12H11ClO2S/c1-2-3-8-11(14)9-6-7(13)4-5-10(9)15-12(8)16/h4-6,16H,2-3H2,1H3. The van der Waals surface area contributed by atoms with Gasteiger partial charge in [0.25, 0.3) is 0 Å². The first-order valence-corrected chi connectivity index (χ1v) is 5.90. The average molecular weight is 255 g/mol. The lowest BCUT2D eigenvalue weighted by atomic mass is 10.1. The molecule has 1 heterocycles. The molecular weight excluding hydrogens is 244 g/mol. The van der Waals surface area contributed by atoms with Gasteiger partial charge in [0.05, 0.1) is 5.39 Å². The Balaban J connectivity index is 2.80. The molecule has 2 rings (SSSR count). The van der Waals surface area contributed by atoms with Crippen LogP contribution < -0.4 is 5.43 Å². The van der Waals surface area contributed by atoms with Crippen molar-refractivity contribution in [2.24, 2.45) is 0 Å². The molecule has 0 aliphatic carbocycles. The molecule has 0 unspecified atom stereocenters. The van der Waals surface area contributed by atoms with E-state index in [9.17, 15) is 4.79 Å². The van der Waals surface area contributed by atoms with Gasteiger partial charge in [0.2, 0.25) is 0 Å². The summed E-state index contributed by atoms with van der Waals surface area (Å²) in [6.07, 6.45) is 1.55. The van der Waals surface area contributed by atoms with Crippen molar-refractivity contribution in [2.75, 3.05) is 0 Å². The van der Waals surface area contributed by atoms with Crippen LogP contribution in [0.2, 0.25) is 5.02 Å². The van der Waals surface area contributed by atoms with Gasteiger partial charge in [-0.2, -0.15) is 0 Å². The Morgan fingerprint density at radius 2 is 2.19 bits per heavy atom. The van der Waals surface area contributed by atoms with E-state index in [0.717, 1.165) is 6.42 Å². The Bertz CT molecular complexity index is 589. The average Bonchev–Trinajstić information content (AvgIpc) is 2.26. The first-order valence-electron chi connectivity index (χ1n) is 5.07. The van der Waals surface area contributed by atoms with Crippen LogP contribution in [0.5, 0.6) is 0 Å². The van der Waals surface area contributed by atoms with E-state index >= 15 is 0 Å². The summed E-state index contributed by atoms with van der Waals surface area (Å²) in [6, 6.07) is 5.02. The SMILES string of the molecule is CCCc1c(S)oc2ccc(Cl)cc2c1=O. The highest BCUT2D eigenvalue weighted by Gasteiger charge is 2.11. The summed E-state index contributed by atoms with van der Waals surface area (Å²) in [5.41, 5.74) is 1.12. The molecular formula is C12H11ClO2S. The van der Waals surface area contributed by atoms with Crippen LogP contribution in [-0.2, 0) is 6.42 Å². The van der Waals surface area contributed by atoms with Crippen molar-refractivity contribution in [3.63, 3.8) is 0 Å². The maximum Gasteiger partial charge on any atom is 0.197 e. The third-order valence-corrected chi connectivity index (χ3v) is 3.02. The molecule has 84 valence electrons. The topological polar surface area (TPSA) is 30.2 Å². The maximum absolute atomic E-state index is 12.1. The molecule has 0 amide bonds. The van der Waals surface area contributed by atoms with Gasteiger partial charge < -0.3 is 4.42 Å². The zero-order chi connectivity index (χ0) is 11.7. The summed E-state index contributed by atoms with van der Waals surface area (Å²) >= 11 is 10.1. The lowest BCUT2D eigenvalue weighted by Gasteiger charge is -2.04. The van der Waals surface area contributed by atoms with E-state index in [4.69, 9.17) is 16.0 Å². The molecule has 16 heavy (non-hydrogen) atoms. The van der Waals surface area contributed by atoms with Crippen LogP contribution in [0.4, 0.5) is 0 Å². The Kier molecular flexibility index (Phi) is 3.26. The van der Waals surface area contributed by atoms with Gasteiger partial charge in [-0.3, -0.25) is 4.79 Å². The predicted octanol–water partition coefficient (Wildman–Crippen LogP) is 3.69. The Labute approximate surface area is 104 Å². The highest BCUT2D eigenvalue weighted by Crippen LogP contribution is 2.22. The second-order valence-corrected chi connectivity index (χ2v) is 4.45. The monoisotopic (exact) mass is 254 g/mol. The lowest BCUT2D eigenvalue weighted by Crippen LogP contribution is -2.09. The fourth-order valence-electron chi connectivity index (χ4n) is 1.66. The minimum Gasteiger partial charge on any atom is -0.450 e. The van der Waals surface area contributed by atoms with E-state index < -0.39 is 0 Å². The van der Waals surface area contributed by atoms with Crippen LogP contribution in [0.1, 0.15) is 18.9 Å². The minimum atomic E-state index is -0.0319. The smallest absolute Gasteiger partial charge is 0.197 e. The van der Waals surface area contributed by atoms with Crippen molar-refractivity contribution >= 4 is 35.2 Å². The van der Waals surface area contributed by atoms with E-state index in [1.165, 1.54) is 0 Å². The van der Waals surface area contributed by atoms with Gasteiger partial charge in [0.15, 0.2) is 10.5 Å². The second kappa shape index (κ2) is 4.52. The van der Waals surface area contributed by atoms with E-state index in [0.29, 0.717) is 33.1 Å². The summed E-state index contributed by atoms with van der Waals surface area (Å²) in [4.78, 5) is 12.1. The maximum atomic E-state index is 12.1. The van der Waals surface area contributed by atoms with Crippen molar-refractivity contribution < 1.29 is 4.42 Å². The molecule has 0 saturated heterocycles. The molecule has 2 nitrogen and oxygen atoms in total. The third kappa shape index (κ3) is 1.97. The lowest BCUT2D eigenvalue weighted by molar-refractivity contribution is 0.488. The first-order chi connectivity index (χ1) is 7.63. The van der Waals surface area contributed by atoms with Gasteiger partial charge in [-0.1, -0.05) is 24.9 Å². The zero-order valence-corrected chi connectivity index (χ0v) is 10.4. The molecule has 0 radical (unpaired) electrons. The van der Waals surface area contributed by atoms with Crippen molar-refractivity contribution in [3.8, 4) is 0 Å². The van der Waals surface area contributed by atoms with Crippen LogP contribution >= 0.6 is 24.2 Å². The molecule has 0 spiro atoms. The molecule has 4 heteroatoms. The van der Waals surface area contributed by atoms with Crippen molar-refractivity contribution in [1.29, 1.82) is 0 Å². The quantitative estimate of drug-likeness (QED) is 0.829. The van der Waals surface area contributed by atoms with Crippen LogP contribution in [0, 0.1) is 0 Å². The normalized spacial score (nSPS) is 10.9. The number of hydrogen-bond acceptors (Lipinski definition) is 3. The fraction of sp³-hybridized carbons (Fsp3) is 0.250. The molecule has 1 aromatic carbocycles. The van der Waals surface area contributed by atoms with Gasteiger partial charge in [0.1, 0.15) is 5.58 Å². The second-order valence-electron chi connectivity index (χ2n) is 3.61. The predicted molar refractivity (Wildman–Crippen MR) is 68.7 cm³/mol. The molecule has 0 fully saturated rings. The molecule has 0 atom stereocenters.